The van der Waals surface area contributed by atoms with Gasteiger partial charge in [-0.2, -0.15) is 8.78 Å². The van der Waals surface area contributed by atoms with Crippen LogP contribution in [0.4, 0.5) is 8.78 Å². The fourth-order valence-electron chi connectivity index (χ4n) is 1.88. The van der Waals surface area contributed by atoms with Gasteiger partial charge in [-0.15, -0.1) is 0 Å². The smallest absolute Gasteiger partial charge is 0.341 e. The SMILES string of the molecule is COC(=O)c1cccc(OCc2ccc(S(=O)(=O)C(F)F)cc2)c1. The second-order valence-electron chi connectivity index (χ2n) is 4.76. The first-order chi connectivity index (χ1) is 11.3. The molecule has 24 heavy (non-hydrogen) atoms. The summed E-state index contributed by atoms with van der Waals surface area (Å²) in [6.45, 7) is 0.0830. The molecule has 0 heterocycles. The summed E-state index contributed by atoms with van der Waals surface area (Å²) in [5.74, 6) is -3.54. The van der Waals surface area contributed by atoms with Crippen LogP contribution in [0, 0.1) is 0 Å². The second kappa shape index (κ2) is 7.39. The van der Waals surface area contributed by atoms with Gasteiger partial charge in [0, 0.05) is 0 Å². The molecule has 0 saturated heterocycles. The molecule has 0 spiro atoms. The highest BCUT2D eigenvalue weighted by molar-refractivity contribution is 7.91. The summed E-state index contributed by atoms with van der Waals surface area (Å²) < 4.78 is 57.7. The van der Waals surface area contributed by atoms with Crippen molar-refractivity contribution in [1.29, 1.82) is 0 Å². The minimum Gasteiger partial charge on any atom is -0.489 e. The number of halogens is 2. The van der Waals surface area contributed by atoms with Gasteiger partial charge in [0.25, 0.3) is 0 Å². The molecule has 0 unspecified atom stereocenters. The van der Waals surface area contributed by atoms with Crippen molar-refractivity contribution in [2.24, 2.45) is 0 Å². The van der Waals surface area contributed by atoms with E-state index in [4.69, 9.17) is 4.74 Å². The summed E-state index contributed by atoms with van der Waals surface area (Å²) >= 11 is 0. The largest absolute Gasteiger partial charge is 0.489 e. The van der Waals surface area contributed by atoms with Gasteiger partial charge in [0.1, 0.15) is 12.4 Å². The number of hydrogen-bond donors (Lipinski definition) is 0. The topological polar surface area (TPSA) is 69.7 Å². The van der Waals surface area contributed by atoms with Gasteiger partial charge in [-0.05, 0) is 35.9 Å². The number of ether oxygens (including phenoxy) is 2. The van der Waals surface area contributed by atoms with E-state index < -0.39 is 26.5 Å². The first-order valence-electron chi connectivity index (χ1n) is 6.77. The second-order valence-corrected chi connectivity index (χ2v) is 6.68. The maximum absolute atomic E-state index is 12.5. The zero-order valence-electron chi connectivity index (χ0n) is 12.6. The van der Waals surface area contributed by atoms with Crippen molar-refractivity contribution in [3.05, 3.63) is 59.7 Å². The number of hydrogen-bond acceptors (Lipinski definition) is 5. The highest BCUT2D eigenvalue weighted by atomic mass is 32.2. The monoisotopic (exact) mass is 356 g/mol. The Morgan fingerprint density at radius 3 is 2.38 bits per heavy atom. The van der Waals surface area contributed by atoms with E-state index in [9.17, 15) is 22.0 Å². The van der Waals surface area contributed by atoms with E-state index >= 15 is 0 Å². The highest BCUT2D eigenvalue weighted by Gasteiger charge is 2.26. The molecule has 0 radical (unpaired) electrons. The molecule has 128 valence electrons. The molecule has 0 aliphatic heterocycles. The van der Waals surface area contributed by atoms with Crippen LogP contribution in [0.2, 0.25) is 0 Å². The molecule has 0 atom stereocenters. The first kappa shape index (κ1) is 17.9. The molecule has 2 rings (SSSR count). The average molecular weight is 356 g/mol. The number of carbonyl (C=O) groups excluding carboxylic acids is 1. The molecule has 0 aliphatic rings. The predicted molar refractivity (Wildman–Crippen MR) is 81.7 cm³/mol. The van der Waals surface area contributed by atoms with Gasteiger partial charge in [-0.1, -0.05) is 18.2 Å². The quantitative estimate of drug-likeness (QED) is 0.744. The van der Waals surface area contributed by atoms with Gasteiger partial charge in [0.05, 0.1) is 17.6 Å². The summed E-state index contributed by atoms with van der Waals surface area (Å²) in [5, 5.41) is 0. The summed E-state index contributed by atoms with van der Waals surface area (Å²) in [4.78, 5) is 11.0. The summed E-state index contributed by atoms with van der Waals surface area (Å²) in [6.07, 6.45) is 0. The van der Waals surface area contributed by atoms with Crippen LogP contribution in [0.25, 0.3) is 0 Å². The highest BCUT2D eigenvalue weighted by Crippen LogP contribution is 2.20. The Bertz CT molecular complexity index is 817. The van der Waals surface area contributed by atoms with Crippen molar-refractivity contribution in [3.8, 4) is 5.75 Å². The predicted octanol–water partition coefficient (Wildman–Crippen LogP) is 3.05. The van der Waals surface area contributed by atoms with Crippen molar-refractivity contribution < 1.29 is 31.5 Å². The first-order valence-corrected chi connectivity index (χ1v) is 8.31. The van der Waals surface area contributed by atoms with Gasteiger partial charge < -0.3 is 9.47 Å². The van der Waals surface area contributed by atoms with Crippen LogP contribution in [-0.2, 0) is 21.2 Å². The lowest BCUT2D eigenvalue weighted by Crippen LogP contribution is -2.11. The van der Waals surface area contributed by atoms with E-state index in [0.717, 1.165) is 12.1 Å². The maximum atomic E-state index is 12.5. The third-order valence-corrected chi connectivity index (χ3v) is 4.55. The zero-order chi connectivity index (χ0) is 17.7. The van der Waals surface area contributed by atoms with Crippen LogP contribution in [0.15, 0.2) is 53.4 Å². The van der Waals surface area contributed by atoms with Gasteiger partial charge in [0.2, 0.25) is 9.84 Å². The van der Waals surface area contributed by atoms with E-state index in [1.807, 2.05) is 0 Å². The van der Waals surface area contributed by atoms with Crippen LogP contribution in [-0.4, -0.2) is 27.3 Å². The Labute approximate surface area is 137 Å². The normalized spacial score (nSPS) is 11.3. The lowest BCUT2D eigenvalue weighted by atomic mass is 10.2. The summed E-state index contributed by atoms with van der Waals surface area (Å²) in [7, 11) is -3.34. The third kappa shape index (κ3) is 4.08. The van der Waals surface area contributed by atoms with Crippen LogP contribution < -0.4 is 4.74 Å². The molecule has 0 saturated carbocycles. The molecule has 0 bridgehead atoms. The Balaban J connectivity index is 2.07. The molecule has 0 aliphatic carbocycles. The molecule has 0 aromatic heterocycles. The van der Waals surface area contributed by atoms with Crippen molar-refractivity contribution >= 4 is 15.8 Å². The van der Waals surface area contributed by atoms with Gasteiger partial charge in [-0.3, -0.25) is 0 Å². The van der Waals surface area contributed by atoms with E-state index in [0.29, 0.717) is 16.9 Å². The van der Waals surface area contributed by atoms with Crippen LogP contribution in [0.1, 0.15) is 15.9 Å². The zero-order valence-corrected chi connectivity index (χ0v) is 13.4. The Hall–Kier alpha value is -2.48. The lowest BCUT2D eigenvalue weighted by Gasteiger charge is -2.08. The van der Waals surface area contributed by atoms with Crippen molar-refractivity contribution in [3.63, 3.8) is 0 Å². The summed E-state index contributed by atoms with van der Waals surface area (Å²) in [5.41, 5.74) is 0.917. The van der Waals surface area contributed by atoms with E-state index in [1.165, 1.54) is 25.3 Å². The Kier molecular flexibility index (Phi) is 5.50. The minimum absolute atomic E-state index is 0.0830. The van der Waals surface area contributed by atoms with Gasteiger partial charge in [0.15, 0.2) is 0 Å². The van der Waals surface area contributed by atoms with Crippen LogP contribution >= 0.6 is 0 Å². The number of carbonyl (C=O) groups is 1. The molecule has 2 aromatic carbocycles. The van der Waals surface area contributed by atoms with Crippen molar-refractivity contribution in [2.45, 2.75) is 17.3 Å². The fraction of sp³-hybridized carbons (Fsp3) is 0.188. The molecular formula is C16H14F2O5S. The maximum Gasteiger partial charge on any atom is 0.341 e. The number of rotatable bonds is 6. The number of sulfone groups is 1. The molecule has 5 nitrogen and oxygen atoms in total. The average Bonchev–Trinajstić information content (AvgIpc) is 2.59. The number of benzene rings is 2. The van der Waals surface area contributed by atoms with E-state index in [2.05, 4.69) is 4.74 Å². The minimum atomic E-state index is -4.60. The van der Waals surface area contributed by atoms with E-state index in [1.54, 1.807) is 18.2 Å². The Morgan fingerprint density at radius 2 is 1.79 bits per heavy atom. The number of esters is 1. The summed E-state index contributed by atoms with van der Waals surface area (Å²) in [6, 6.07) is 11.3. The lowest BCUT2D eigenvalue weighted by molar-refractivity contribution is 0.0600. The van der Waals surface area contributed by atoms with Crippen molar-refractivity contribution in [2.75, 3.05) is 7.11 Å². The molecular weight excluding hydrogens is 342 g/mol. The fourth-order valence-corrected chi connectivity index (χ4v) is 2.60. The van der Waals surface area contributed by atoms with Gasteiger partial charge in [-0.25, -0.2) is 13.2 Å². The molecule has 0 fully saturated rings. The molecule has 0 amide bonds. The number of alkyl halides is 2. The Morgan fingerprint density at radius 1 is 1.12 bits per heavy atom. The van der Waals surface area contributed by atoms with Crippen molar-refractivity contribution in [1.82, 2.24) is 0 Å². The van der Waals surface area contributed by atoms with Crippen LogP contribution in [0.3, 0.4) is 0 Å². The molecule has 0 N–H and O–H groups in total. The van der Waals surface area contributed by atoms with Crippen LogP contribution in [0.5, 0.6) is 5.75 Å². The standard InChI is InChI=1S/C16H14F2O5S/c1-22-15(19)12-3-2-4-13(9-12)23-10-11-5-7-14(8-6-11)24(20,21)16(17)18/h2-9,16H,10H2,1H3. The third-order valence-electron chi connectivity index (χ3n) is 3.15. The molecule has 8 heteroatoms. The number of methoxy groups -OCH3 is 1. The molecule has 2 aromatic rings. The van der Waals surface area contributed by atoms with E-state index in [-0.39, 0.29) is 6.61 Å². The van der Waals surface area contributed by atoms with Gasteiger partial charge >= 0.3 is 11.7 Å².